The van der Waals surface area contributed by atoms with Crippen LogP contribution >= 0.6 is 0 Å². The summed E-state index contributed by atoms with van der Waals surface area (Å²) in [5, 5.41) is 6.56. The Balaban J connectivity index is 0.000000890. The van der Waals surface area contributed by atoms with Gasteiger partial charge in [0.1, 0.15) is 5.75 Å². The van der Waals surface area contributed by atoms with Gasteiger partial charge in [0.05, 0.1) is 0 Å². The van der Waals surface area contributed by atoms with Gasteiger partial charge in [0.2, 0.25) is 11.8 Å². The van der Waals surface area contributed by atoms with Crippen molar-refractivity contribution in [2.45, 2.75) is 19.9 Å². The first-order valence-corrected chi connectivity index (χ1v) is 10.5. The highest BCUT2D eigenvalue weighted by molar-refractivity contribution is 5.68. The standard InChI is InChI=1S/C23H25N5O.C4H6/c1-4-7-16(3)26-21-11-10-20(14-17(21)5-2)29-22-12-13-25-23(28-22)27-19-9-6-8-18(24)15-19;1-3-4-2/h4-16,26H,2,24H2,1,3H3,(H,25,27,28);3-4H,1-2H2/b7-4-;. The van der Waals surface area contributed by atoms with Gasteiger partial charge in [-0.1, -0.05) is 56.2 Å². The van der Waals surface area contributed by atoms with Gasteiger partial charge >= 0.3 is 0 Å². The van der Waals surface area contributed by atoms with Crippen LogP contribution in [0.4, 0.5) is 23.0 Å². The first-order chi connectivity index (χ1) is 16.0. The molecule has 4 N–H and O–H groups in total. The number of rotatable bonds is 9. The molecule has 1 aromatic heterocycles. The van der Waals surface area contributed by atoms with Crippen molar-refractivity contribution in [3.05, 3.63) is 104 Å². The molecule has 0 saturated heterocycles. The Labute approximate surface area is 196 Å². The zero-order valence-electron chi connectivity index (χ0n) is 19.2. The maximum Gasteiger partial charge on any atom is 0.230 e. The lowest BCUT2D eigenvalue weighted by atomic mass is 10.1. The van der Waals surface area contributed by atoms with Crippen LogP contribution in [0.2, 0.25) is 0 Å². The highest BCUT2D eigenvalue weighted by Gasteiger charge is 2.07. The van der Waals surface area contributed by atoms with E-state index in [0.29, 0.717) is 23.3 Å². The molecule has 2 aromatic carbocycles. The average molecular weight is 442 g/mol. The number of anilines is 4. The molecule has 1 unspecified atom stereocenters. The van der Waals surface area contributed by atoms with E-state index in [1.807, 2.05) is 55.5 Å². The normalized spacial score (nSPS) is 11.0. The Morgan fingerprint density at radius 1 is 1.06 bits per heavy atom. The van der Waals surface area contributed by atoms with E-state index in [9.17, 15) is 0 Å². The van der Waals surface area contributed by atoms with Crippen molar-refractivity contribution >= 4 is 29.1 Å². The van der Waals surface area contributed by atoms with Gasteiger partial charge in [0.15, 0.2) is 0 Å². The molecule has 0 aliphatic carbocycles. The molecule has 0 fully saturated rings. The lowest BCUT2D eigenvalue weighted by molar-refractivity contribution is 0.462. The summed E-state index contributed by atoms with van der Waals surface area (Å²) in [5.41, 5.74) is 9.22. The summed E-state index contributed by atoms with van der Waals surface area (Å²) in [7, 11) is 0. The van der Waals surface area contributed by atoms with Crippen LogP contribution in [0, 0.1) is 0 Å². The van der Waals surface area contributed by atoms with E-state index >= 15 is 0 Å². The van der Waals surface area contributed by atoms with E-state index in [1.165, 1.54) is 0 Å². The van der Waals surface area contributed by atoms with Crippen LogP contribution in [-0.4, -0.2) is 16.0 Å². The van der Waals surface area contributed by atoms with Gasteiger partial charge in [0.25, 0.3) is 0 Å². The van der Waals surface area contributed by atoms with Crippen molar-refractivity contribution in [1.29, 1.82) is 0 Å². The van der Waals surface area contributed by atoms with Gasteiger partial charge in [-0.25, -0.2) is 4.98 Å². The molecule has 33 heavy (non-hydrogen) atoms. The third-order valence-electron chi connectivity index (χ3n) is 4.27. The molecule has 3 aromatic rings. The lowest BCUT2D eigenvalue weighted by Gasteiger charge is -2.15. The van der Waals surface area contributed by atoms with Gasteiger partial charge in [-0.15, -0.1) is 0 Å². The minimum Gasteiger partial charge on any atom is -0.439 e. The van der Waals surface area contributed by atoms with Crippen LogP contribution in [0.25, 0.3) is 6.08 Å². The summed E-state index contributed by atoms with van der Waals surface area (Å²) in [4.78, 5) is 8.64. The van der Waals surface area contributed by atoms with E-state index in [0.717, 1.165) is 16.9 Å². The molecule has 0 aliphatic heterocycles. The topological polar surface area (TPSA) is 85.1 Å². The molecule has 3 rings (SSSR count). The van der Waals surface area contributed by atoms with E-state index < -0.39 is 0 Å². The number of nitrogens with one attached hydrogen (secondary N) is 2. The molecule has 0 aliphatic rings. The number of benzene rings is 2. The summed E-state index contributed by atoms with van der Waals surface area (Å²) in [5.74, 6) is 1.53. The maximum atomic E-state index is 5.93. The monoisotopic (exact) mass is 441 g/mol. The first kappa shape index (κ1) is 24.9. The Morgan fingerprint density at radius 2 is 1.85 bits per heavy atom. The quantitative estimate of drug-likeness (QED) is 0.189. The second-order valence-corrected chi connectivity index (χ2v) is 6.95. The molecule has 6 heteroatoms. The van der Waals surface area contributed by atoms with Crippen molar-refractivity contribution in [1.82, 2.24) is 9.97 Å². The molecule has 0 spiro atoms. The predicted octanol–water partition coefficient (Wildman–Crippen LogP) is 6.97. The van der Waals surface area contributed by atoms with Crippen molar-refractivity contribution < 1.29 is 4.74 Å². The van der Waals surface area contributed by atoms with E-state index in [2.05, 4.69) is 53.3 Å². The number of hydrogen-bond acceptors (Lipinski definition) is 6. The fourth-order valence-electron chi connectivity index (χ4n) is 2.81. The fraction of sp³-hybridized carbons (Fsp3) is 0.111. The number of nitrogens with zero attached hydrogens (tertiary/aromatic N) is 2. The van der Waals surface area contributed by atoms with Crippen molar-refractivity contribution in [2.24, 2.45) is 0 Å². The zero-order chi connectivity index (χ0) is 24.1. The molecule has 0 amide bonds. The third kappa shape index (κ3) is 8.38. The van der Waals surface area contributed by atoms with Crippen molar-refractivity contribution in [3.8, 4) is 11.6 Å². The van der Waals surface area contributed by atoms with Crippen LogP contribution in [0.5, 0.6) is 11.6 Å². The van der Waals surface area contributed by atoms with Crippen LogP contribution in [0.15, 0.2) is 98.8 Å². The fourth-order valence-corrected chi connectivity index (χ4v) is 2.81. The summed E-state index contributed by atoms with van der Waals surface area (Å²) in [6.07, 6.45) is 10.8. The smallest absolute Gasteiger partial charge is 0.230 e. The molecule has 1 atom stereocenters. The number of hydrogen-bond donors (Lipinski definition) is 3. The Bertz CT molecular complexity index is 1100. The number of aromatic nitrogens is 2. The highest BCUT2D eigenvalue weighted by Crippen LogP contribution is 2.27. The molecule has 170 valence electrons. The summed E-state index contributed by atoms with van der Waals surface area (Å²) in [6.45, 7) is 14.7. The summed E-state index contributed by atoms with van der Waals surface area (Å²) in [6, 6.07) is 15.1. The SMILES string of the molecule is C=CC=C.C=Cc1cc(Oc2ccnc(Nc3cccc(N)c3)n2)ccc1NC(C)/C=C\C. The van der Waals surface area contributed by atoms with Crippen molar-refractivity contribution in [2.75, 3.05) is 16.4 Å². The van der Waals surface area contributed by atoms with Crippen molar-refractivity contribution in [3.63, 3.8) is 0 Å². The molecule has 0 bridgehead atoms. The van der Waals surface area contributed by atoms with Crippen LogP contribution in [-0.2, 0) is 0 Å². The van der Waals surface area contributed by atoms with E-state index in [4.69, 9.17) is 10.5 Å². The Hall–Kier alpha value is -4.32. The average Bonchev–Trinajstić information content (AvgIpc) is 2.80. The minimum absolute atomic E-state index is 0.216. The second-order valence-electron chi connectivity index (χ2n) is 6.95. The minimum atomic E-state index is 0.216. The van der Waals surface area contributed by atoms with Gasteiger partial charge in [-0.05, 0) is 50.2 Å². The van der Waals surface area contributed by atoms with E-state index in [1.54, 1.807) is 30.5 Å². The van der Waals surface area contributed by atoms with E-state index in [-0.39, 0.29) is 6.04 Å². The Morgan fingerprint density at radius 3 is 2.52 bits per heavy atom. The number of allylic oxidation sites excluding steroid dienone is 3. The Kier molecular flexibility index (Phi) is 9.95. The molecule has 0 radical (unpaired) electrons. The zero-order valence-corrected chi connectivity index (χ0v) is 19.2. The molecule has 0 saturated carbocycles. The van der Waals surface area contributed by atoms with Gasteiger partial charge in [-0.2, -0.15) is 4.98 Å². The highest BCUT2D eigenvalue weighted by atomic mass is 16.5. The second kappa shape index (κ2) is 13.2. The summed E-state index contributed by atoms with van der Waals surface area (Å²) >= 11 is 0. The maximum absolute atomic E-state index is 5.93. The largest absolute Gasteiger partial charge is 0.439 e. The number of nitrogen functional groups attached to an aromatic ring is 1. The molecule has 1 heterocycles. The molecular weight excluding hydrogens is 410 g/mol. The lowest BCUT2D eigenvalue weighted by Crippen LogP contribution is -2.12. The predicted molar refractivity (Wildman–Crippen MR) is 141 cm³/mol. The number of nitrogens with two attached hydrogens (primary N) is 1. The summed E-state index contributed by atoms with van der Waals surface area (Å²) < 4.78 is 5.93. The van der Waals surface area contributed by atoms with Gasteiger partial charge < -0.3 is 21.1 Å². The van der Waals surface area contributed by atoms with Gasteiger partial charge in [0, 0.05) is 40.9 Å². The number of ether oxygens (including phenoxy) is 1. The van der Waals surface area contributed by atoms with Crippen LogP contribution in [0.1, 0.15) is 19.4 Å². The van der Waals surface area contributed by atoms with Gasteiger partial charge in [-0.3, -0.25) is 0 Å². The van der Waals surface area contributed by atoms with Crippen LogP contribution < -0.4 is 21.1 Å². The molecule has 6 nitrogen and oxygen atoms in total. The van der Waals surface area contributed by atoms with Crippen LogP contribution in [0.3, 0.4) is 0 Å². The third-order valence-corrected chi connectivity index (χ3v) is 4.27. The first-order valence-electron chi connectivity index (χ1n) is 10.5. The molecular formula is C27H31N5O.